The highest BCUT2D eigenvalue weighted by Gasteiger charge is 2.35. The maximum Gasteiger partial charge on any atom is 0.256 e. The van der Waals surface area contributed by atoms with Crippen LogP contribution in [-0.4, -0.2) is 33.2 Å². The second-order valence-electron chi connectivity index (χ2n) is 8.17. The third kappa shape index (κ3) is 3.07. The fourth-order valence-corrected chi connectivity index (χ4v) is 3.96. The van der Waals surface area contributed by atoms with Gasteiger partial charge in [0.15, 0.2) is 0 Å². The normalized spacial score (nSPS) is 19.0. The molecule has 6 heteroatoms. The predicted molar refractivity (Wildman–Crippen MR) is 106 cm³/mol. The molecule has 2 aliphatic heterocycles. The molecule has 0 radical (unpaired) electrons. The summed E-state index contributed by atoms with van der Waals surface area (Å²) in [6.07, 6.45) is 4.55. The molecule has 4 rings (SSSR count). The second-order valence-corrected chi connectivity index (χ2v) is 8.17. The lowest BCUT2D eigenvalue weighted by Crippen LogP contribution is -2.28. The zero-order valence-corrected chi connectivity index (χ0v) is 16.8. The molecular formula is C22H26N4O2. The van der Waals surface area contributed by atoms with E-state index in [1.165, 1.54) is 0 Å². The lowest BCUT2D eigenvalue weighted by atomic mass is 9.97. The molecule has 2 unspecified atom stereocenters. The lowest BCUT2D eigenvalue weighted by Gasteiger charge is -2.23. The van der Waals surface area contributed by atoms with Gasteiger partial charge in [-0.2, -0.15) is 0 Å². The van der Waals surface area contributed by atoms with E-state index in [0.717, 1.165) is 34.5 Å². The van der Waals surface area contributed by atoms with Crippen LogP contribution < -0.4 is 5.32 Å². The molecule has 0 bridgehead atoms. The summed E-state index contributed by atoms with van der Waals surface area (Å²) in [7, 11) is 0. The van der Waals surface area contributed by atoms with Crippen LogP contribution in [0.1, 0.15) is 95.2 Å². The van der Waals surface area contributed by atoms with Gasteiger partial charge in [0.25, 0.3) is 11.8 Å². The van der Waals surface area contributed by atoms with Crippen molar-refractivity contribution in [3.8, 4) is 0 Å². The Hall–Kier alpha value is -2.76. The Morgan fingerprint density at radius 2 is 1.82 bits per heavy atom. The highest BCUT2D eigenvalue weighted by molar-refractivity contribution is 5.99. The van der Waals surface area contributed by atoms with E-state index >= 15 is 0 Å². The van der Waals surface area contributed by atoms with Gasteiger partial charge >= 0.3 is 0 Å². The quantitative estimate of drug-likeness (QED) is 0.863. The molecule has 6 nitrogen and oxygen atoms in total. The number of carbonyl (C=O) groups is 2. The minimum atomic E-state index is -0.0534. The molecule has 4 heterocycles. The van der Waals surface area contributed by atoms with Crippen LogP contribution in [0.2, 0.25) is 0 Å². The van der Waals surface area contributed by atoms with Crippen molar-refractivity contribution in [3.05, 3.63) is 58.2 Å². The number of nitrogens with zero attached hydrogens (tertiary/aromatic N) is 3. The van der Waals surface area contributed by atoms with Gasteiger partial charge in [0, 0.05) is 18.9 Å². The third-order valence-electron chi connectivity index (χ3n) is 5.99. The van der Waals surface area contributed by atoms with Crippen molar-refractivity contribution in [2.24, 2.45) is 0 Å². The largest absolute Gasteiger partial charge is 0.346 e. The number of rotatable bonds is 5. The van der Waals surface area contributed by atoms with Gasteiger partial charge in [-0.05, 0) is 48.4 Å². The van der Waals surface area contributed by atoms with Crippen molar-refractivity contribution >= 4 is 11.8 Å². The van der Waals surface area contributed by atoms with Gasteiger partial charge in [-0.15, -0.1) is 0 Å². The molecule has 0 spiro atoms. The predicted octanol–water partition coefficient (Wildman–Crippen LogP) is 3.55. The fraction of sp³-hybridized carbons (Fsp3) is 0.455. The molecule has 0 aromatic carbocycles. The molecule has 0 fully saturated rings. The molecule has 1 N–H and O–H groups in total. The fourth-order valence-electron chi connectivity index (χ4n) is 3.96. The van der Waals surface area contributed by atoms with Crippen LogP contribution in [0.5, 0.6) is 0 Å². The Morgan fingerprint density at radius 3 is 2.57 bits per heavy atom. The zero-order chi connectivity index (χ0) is 20.0. The first kappa shape index (κ1) is 18.6. The standard InChI is InChI=1S/C22H26N4O2/c1-12(2)15-7-18-20(24-9-15)14(4)26(22(18)28)6-5-13(3)16-8-17-19(23-10-16)11-25-21(17)27/h7-10,12-14H,5-6,11H2,1-4H3,(H,25,27). The SMILES string of the molecule is CC(C)c1cnc2c(c1)C(=O)N(CCC(C)c1cnc3c(c1)C(=O)NC3)C2C. The average molecular weight is 378 g/mol. The summed E-state index contributed by atoms with van der Waals surface area (Å²) in [5.41, 5.74) is 5.23. The summed E-state index contributed by atoms with van der Waals surface area (Å²) in [4.78, 5) is 35.7. The number of amides is 2. The lowest BCUT2D eigenvalue weighted by molar-refractivity contribution is 0.0731. The number of carbonyl (C=O) groups excluding carboxylic acids is 2. The highest BCUT2D eigenvalue weighted by atomic mass is 16.2. The molecular weight excluding hydrogens is 352 g/mol. The smallest absolute Gasteiger partial charge is 0.256 e. The average Bonchev–Trinajstić information content (AvgIpc) is 3.17. The van der Waals surface area contributed by atoms with Crippen LogP contribution in [0, 0.1) is 0 Å². The first-order chi connectivity index (χ1) is 13.4. The molecule has 2 aromatic heterocycles. The van der Waals surface area contributed by atoms with Gasteiger partial charge in [-0.25, -0.2) is 0 Å². The molecule has 28 heavy (non-hydrogen) atoms. The Morgan fingerprint density at radius 1 is 1.11 bits per heavy atom. The van der Waals surface area contributed by atoms with E-state index in [1.807, 2.05) is 36.4 Å². The van der Waals surface area contributed by atoms with Crippen molar-refractivity contribution < 1.29 is 9.59 Å². The van der Waals surface area contributed by atoms with Crippen molar-refractivity contribution in [3.63, 3.8) is 0 Å². The van der Waals surface area contributed by atoms with E-state index in [0.29, 0.717) is 24.6 Å². The van der Waals surface area contributed by atoms with Crippen LogP contribution in [0.3, 0.4) is 0 Å². The monoisotopic (exact) mass is 378 g/mol. The van der Waals surface area contributed by atoms with Crippen LogP contribution in [0.25, 0.3) is 0 Å². The second kappa shape index (κ2) is 7.00. The number of pyridine rings is 2. The summed E-state index contributed by atoms with van der Waals surface area (Å²) < 4.78 is 0. The van der Waals surface area contributed by atoms with Gasteiger partial charge in [0.1, 0.15) is 0 Å². The van der Waals surface area contributed by atoms with Crippen LogP contribution in [-0.2, 0) is 6.54 Å². The Labute approximate surface area is 165 Å². The summed E-state index contributed by atoms with van der Waals surface area (Å²) in [5, 5.41) is 2.80. The van der Waals surface area contributed by atoms with E-state index < -0.39 is 0 Å². The van der Waals surface area contributed by atoms with Crippen molar-refractivity contribution in [2.45, 2.75) is 58.5 Å². The van der Waals surface area contributed by atoms with E-state index in [-0.39, 0.29) is 23.8 Å². The maximum absolute atomic E-state index is 12.9. The number of fused-ring (bicyclic) bond motifs is 2. The summed E-state index contributed by atoms with van der Waals surface area (Å²) in [6.45, 7) is 9.53. The zero-order valence-electron chi connectivity index (χ0n) is 16.8. The van der Waals surface area contributed by atoms with Crippen molar-refractivity contribution in [1.82, 2.24) is 20.2 Å². The van der Waals surface area contributed by atoms with Gasteiger partial charge in [-0.3, -0.25) is 19.6 Å². The van der Waals surface area contributed by atoms with Gasteiger partial charge in [0.2, 0.25) is 0 Å². The molecule has 146 valence electrons. The number of nitrogens with one attached hydrogen (secondary N) is 1. The molecule has 0 saturated heterocycles. The molecule has 0 saturated carbocycles. The van der Waals surface area contributed by atoms with Crippen molar-refractivity contribution in [2.75, 3.05) is 6.54 Å². The van der Waals surface area contributed by atoms with Gasteiger partial charge in [-0.1, -0.05) is 20.8 Å². The summed E-state index contributed by atoms with van der Waals surface area (Å²) >= 11 is 0. The molecule has 2 amide bonds. The third-order valence-corrected chi connectivity index (χ3v) is 5.99. The molecule has 0 aliphatic carbocycles. The first-order valence-electron chi connectivity index (χ1n) is 9.94. The summed E-state index contributed by atoms with van der Waals surface area (Å²) in [6, 6.07) is 3.92. The number of hydrogen-bond acceptors (Lipinski definition) is 4. The Bertz CT molecular complexity index is 954. The van der Waals surface area contributed by atoms with Crippen molar-refractivity contribution in [1.29, 1.82) is 0 Å². The van der Waals surface area contributed by atoms with Crippen LogP contribution in [0.15, 0.2) is 24.5 Å². The van der Waals surface area contributed by atoms with E-state index in [4.69, 9.17) is 0 Å². The van der Waals surface area contributed by atoms with E-state index in [1.54, 1.807) is 0 Å². The topological polar surface area (TPSA) is 75.2 Å². The minimum absolute atomic E-state index is 0.0140. The minimum Gasteiger partial charge on any atom is -0.346 e. The van der Waals surface area contributed by atoms with Gasteiger partial charge in [0.05, 0.1) is 35.1 Å². The summed E-state index contributed by atoms with van der Waals surface area (Å²) in [5.74, 6) is 0.562. The number of aromatic nitrogens is 2. The Balaban J connectivity index is 1.47. The van der Waals surface area contributed by atoms with E-state index in [2.05, 4.69) is 36.1 Å². The maximum atomic E-state index is 12.9. The highest BCUT2D eigenvalue weighted by Crippen LogP contribution is 2.34. The van der Waals surface area contributed by atoms with Gasteiger partial charge < -0.3 is 10.2 Å². The molecule has 2 aromatic rings. The molecule has 2 aliphatic rings. The Kier molecular flexibility index (Phi) is 4.65. The first-order valence-corrected chi connectivity index (χ1v) is 9.94. The number of hydrogen-bond donors (Lipinski definition) is 1. The molecule has 2 atom stereocenters. The van der Waals surface area contributed by atoms with Crippen LogP contribution >= 0.6 is 0 Å². The van der Waals surface area contributed by atoms with E-state index in [9.17, 15) is 9.59 Å². The van der Waals surface area contributed by atoms with Crippen LogP contribution in [0.4, 0.5) is 0 Å².